The largest absolute Gasteiger partial charge is 0.415 e. The third kappa shape index (κ3) is 6.70. The zero-order valence-electron chi connectivity index (χ0n) is 16.7. The van der Waals surface area contributed by atoms with Gasteiger partial charge in [-0.25, -0.2) is 0 Å². The van der Waals surface area contributed by atoms with Crippen LogP contribution in [0.1, 0.15) is 0 Å². The van der Waals surface area contributed by atoms with Gasteiger partial charge < -0.3 is 21.2 Å². The summed E-state index contributed by atoms with van der Waals surface area (Å²) in [5.74, 6) is 0. The number of hydrogen-bond acceptors (Lipinski definition) is 5. The van der Waals surface area contributed by atoms with E-state index in [9.17, 15) is 0 Å². The third-order valence-corrected chi connectivity index (χ3v) is 18.4. The Labute approximate surface area is 156 Å². The molecule has 1 rings (SSSR count). The molecular formula is C16H32O5Si4. The molecular weight excluding hydrogens is 385 g/mol. The van der Waals surface area contributed by atoms with Crippen molar-refractivity contribution < 1.29 is 21.2 Å². The first-order valence-electron chi connectivity index (χ1n) is 8.31. The van der Waals surface area contributed by atoms with E-state index in [0.717, 1.165) is 5.19 Å². The van der Waals surface area contributed by atoms with Crippen LogP contribution in [0.3, 0.4) is 0 Å². The number of hydrogen-bond donors (Lipinski definition) is 0. The fourth-order valence-corrected chi connectivity index (χ4v) is 18.1. The summed E-state index contributed by atoms with van der Waals surface area (Å²) in [6, 6.07) is 10.1. The second kappa shape index (κ2) is 8.54. The van der Waals surface area contributed by atoms with Gasteiger partial charge in [0.1, 0.15) is 0 Å². The fraction of sp³-hybridized carbons (Fsp3) is 0.500. The van der Waals surface area contributed by atoms with Crippen molar-refractivity contribution in [1.29, 1.82) is 0 Å². The minimum absolute atomic E-state index is 1.05. The van der Waals surface area contributed by atoms with E-state index in [1.54, 1.807) is 19.9 Å². The molecule has 0 aliphatic carbocycles. The SMILES string of the molecule is C=C[Si](C)(OC)O[Si](C)(O[Si](C)(C)O[Si](C)(C)OC)c1ccccc1. The summed E-state index contributed by atoms with van der Waals surface area (Å²) >= 11 is 0. The van der Waals surface area contributed by atoms with Crippen molar-refractivity contribution in [3.63, 3.8) is 0 Å². The van der Waals surface area contributed by atoms with E-state index in [4.69, 9.17) is 21.2 Å². The van der Waals surface area contributed by atoms with Gasteiger partial charge in [0.05, 0.1) is 0 Å². The predicted octanol–water partition coefficient (Wildman–Crippen LogP) is 3.51. The van der Waals surface area contributed by atoms with E-state index in [2.05, 4.69) is 13.1 Å². The van der Waals surface area contributed by atoms with Gasteiger partial charge in [-0.2, -0.15) is 0 Å². The van der Waals surface area contributed by atoms with Gasteiger partial charge in [-0.1, -0.05) is 36.0 Å². The van der Waals surface area contributed by atoms with Gasteiger partial charge in [0.15, 0.2) is 0 Å². The molecule has 9 heteroatoms. The van der Waals surface area contributed by atoms with Crippen molar-refractivity contribution >= 4 is 39.4 Å². The maximum Gasteiger partial charge on any atom is 0.352 e. The van der Waals surface area contributed by atoms with E-state index in [0.29, 0.717) is 0 Å². The van der Waals surface area contributed by atoms with Crippen LogP contribution in [0.15, 0.2) is 42.6 Å². The maximum absolute atomic E-state index is 6.64. The van der Waals surface area contributed by atoms with Gasteiger partial charge in [0.2, 0.25) is 0 Å². The van der Waals surface area contributed by atoms with Gasteiger partial charge in [-0.05, 0) is 44.5 Å². The zero-order chi connectivity index (χ0) is 19.4. The van der Waals surface area contributed by atoms with Crippen LogP contribution in [0, 0.1) is 0 Å². The first kappa shape index (κ1) is 22.7. The molecule has 0 aromatic heterocycles. The lowest BCUT2D eigenvalue weighted by Crippen LogP contribution is -2.64. The average Bonchev–Trinajstić information content (AvgIpc) is 2.54. The molecule has 0 bridgehead atoms. The Morgan fingerprint density at radius 1 is 0.760 bits per heavy atom. The highest BCUT2D eigenvalue weighted by molar-refractivity contribution is 6.94. The topological polar surface area (TPSA) is 46.2 Å². The minimum atomic E-state index is -2.78. The highest BCUT2D eigenvalue weighted by Crippen LogP contribution is 2.24. The second-order valence-corrected chi connectivity index (χ2v) is 20.8. The average molecular weight is 417 g/mol. The van der Waals surface area contributed by atoms with E-state index in [1.165, 1.54) is 0 Å². The Balaban J connectivity index is 3.22. The third-order valence-electron chi connectivity index (χ3n) is 3.90. The van der Waals surface area contributed by atoms with Crippen molar-refractivity contribution in [2.24, 2.45) is 0 Å². The molecule has 0 fully saturated rings. The molecule has 0 aliphatic heterocycles. The van der Waals surface area contributed by atoms with Gasteiger partial charge >= 0.3 is 34.2 Å². The smallest absolute Gasteiger partial charge is 0.352 e. The van der Waals surface area contributed by atoms with E-state index >= 15 is 0 Å². The van der Waals surface area contributed by atoms with Gasteiger partial charge in [0, 0.05) is 14.2 Å². The standard InChI is InChI=1S/C16H32O5Si4/c1-10-24(8,18-3)21-25(9,16-14-12-11-13-15-16)20-23(6,7)19-22(4,5)17-2/h10-15H,1H2,2-9H3. The molecule has 5 nitrogen and oxygen atoms in total. The van der Waals surface area contributed by atoms with Crippen LogP contribution in [0.4, 0.5) is 0 Å². The number of benzene rings is 1. The van der Waals surface area contributed by atoms with Crippen LogP contribution in [0.25, 0.3) is 0 Å². The summed E-state index contributed by atoms with van der Waals surface area (Å²) in [4.78, 5) is 0. The summed E-state index contributed by atoms with van der Waals surface area (Å²) in [6.45, 7) is 16.0. The van der Waals surface area contributed by atoms with Crippen molar-refractivity contribution in [1.82, 2.24) is 0 Å². The molecule has 0 N–H and O–H groups in total. The van der Waals surface area contributed by atoms with Crippen molar-refractivity contribution in [3.05, 3.63) is 42.6 Å². The van der Waals surface area contributed by atoms with Crippen molar-refractivity contribution in [3.8, 4) is 0 Å². The quantitative estimate of drug-likeness (QED) is 0.546. The first-order chi connectivity index (χ1) is 11.4. The molecule has 0 saturated carbocycles. The Hall–Kier alpha value is -0.372. The summed E-state index contributed by atoms with van der Waals surface area (Å²) in [5.41, 5.74) is 1.79. The van der Waals surface area contributed by atoms with Crippen LogP contribution < -0.4 is 5.19 Å². The van der Waals surface area contributed by atoms with Crippen LogP contribution in [0.2, 0.25) is 39.3 Å². The molecule has 0 radical (unpaired) electrons. The molecule has 0 heterocycles. The van der Waals surface area contributed by atoms with E-state index < -0.39 is 34.2 Å². The summed E-state index contributed by atoms with van der Waals surface area (Å²) in [6.07, 6.45) is 0. The highest BCUT2D eigenvalue weighted by Gasteiger charge is 2.48. The molecule has 0 saturated heterocycles. The Morgan fingerprint density at radius 3 is 1.76 bits per heavy atom. The lowest BCUT2D eigenvalue weighted by atomic mass is 10.4. The molecule has 2 atom stereocenters. The predicted molar refractivity (Wildman–Crippen MR) is 112 cm³/mol. The summed E-state index contributed by atoms with van der Waals surface area (Å²) in [5, 5.41) is 1.05. The Bertz CT molecular complexity index is 569. The van der Waals surface area contributed by atoms with Crippen LogP contribution in [-0.4, -0.2) is 48.5 Å². The highest BCUT2D eigenvalue weighted by atomic mass is 28.5. The zero-order valence-corrected chi connectivity index (χ0v) is 20.7. The minimum Gasteiger partial charge on any atom is -0.415 e. The molecule has 1 aromatic carbocycles. The molecule has 1 aromatic rings. The van der Waals surface area contributed by atoms with Crippen LogP contribution >= 0.6 is 0 Å². The normalized spacial score (nSPS) is 17.6. The second-order valence-electron chi connectivity index (χ2n) is 7.05. The maximum atomic E-state index is 6.64. The van der Waals surface area contributed by atoms with Crippen LogP contribution in [0.5, 0.6) is 0 Å². The van der Waals surface area contributed by atoms with Gasteiger partial charge in [-0.3, -0.25) is 0 Å². The lowest BCUT2D eigenvalue weighted by Gasteiger charge is -2.41. The van der Waals surface area contributed by atoms with E-state index in [1.807, 2.05) is 63.1 Å². The van der Waals surface area contributed by atoms with Gasteiger partial charge in [-0.15, -0.1) is 6.58 Å². The van der Waals surface area contributed by atoms with Crippen molar-refractivity contribution in [2.45, 2.75) is 39.3 Å². The van der Waals surface area contributed by atoms with Gasteiger partial charge in [0.25, 0.3) is 0 Å². The first-order valence-corrected chi connectivity index (χ1v) is 18.7. The molecule has 0 aliphatic rings. The fourth-order valence-electron chi connectivity index (χ4n) is 2.56. The Kier molecular flexibility index (Phi) is 7.75. The molecule has 0 spiro atoms. The Morgan fingerprint density at radius 2 is 1.32 bits per heavy atom. The molecule has 142 valence electrons. The molecule has 25 heavy (non-hydrogen) atoms. The lowest BCUT2D eigenvalue weighted by molar-refractivity contribution is 0.252. The van der Waals surface area contributed by atoms with Crippen molar-refractivity contribution in [2.75, 3.05) is 14.2 Å². The molecule has 2 unspecified atom stereocenters. The van der Waals surface area contributed by atoms with E-state index in [-0.39, 0.29) is 0 Å². The summed E-state index contributed by atoms with van der Waals surface area (Å²) < 4.78 is 30.7. The number of rotatable bonds is 10. The monoisotopic (exact) mass is 416 g/mol. The molecule has 0 amide bonds. The summed E-state index contributed by atoms with van der Waals surface area (Å²) in [7, 11) is -6.69. The van der Waals surface area contributed by atoms with Crippen LogP contribution in [-0.2, 0) is 21.2 Å².